The molecule has 1 heterocycles. The highest BCUT2D eigenvalue weighted by atomic mass is 19.1. The first kappa shape index (κ1) is 23.5. The molecular weight excluding hydrogens is 409 g/mol. The van der Waals surface area contributed by atoms with Crippen molar-refractivity contribution in [1.82, 2.24) is 4.90 Å². The molecule has 1 amide bonds. The third-order valence-electron chi connectivity index (χ3n) is 5.44. The number of ether oxygens (including phenoxy) is 1. The van der Waals surface area contributed by atoms with E-state index in [1.807, 2.05) is 0 Å². The van der Waals surface area contributed by atoms with Gasteiger partial charge in [0.05, 0.1) is 18.2 Å². The standard InChI is InChI=1S/C26H30FNO4/c1-4-5-6-15-28-23(18-7-11-20(27)12-8-18)22(25(30)26(28)31)24(29)19-9-13-21(14-10-19)32-16-17(2)3/h7-14,17,23,29H,4-6,15-16H2,1-3H3/b24-22-. The fraction of sp³-hybridized carbons (Fsp3) is 0.385. The number of likely N-dealkylation sites (tertiary alicyclic amines) is 1. The largest absolute Gasteiger partial charge is 0.507 e. The van der Waals surface area contributed by atoms with Gasteiger partial charge in [-0.2, -0.15) is 0 Å². The molecule has 0 spiro atoms. The van der Waals surface area contributed by atoms with Gasteiger partial charge in [0.2, 0.25) is 0 Å². The van der Waals surface area contributed by atoms with E-state index in [1.54, 1.807) is 36.4 Å². The molecule has 1 saturated heterocycles. The average Bonchev–Trinajstić information content (AvgIpc) is 3.03. The van der Waals surface area contributed by atoms with Gasteiger partial charge in [0.15, 0.2) is 0 Å². The van der Waals surface area contributed by atoms with Gasteiger partial charge in [0, 0.05) is 12.1 Å². The Hall–Kier alpha value is -3.15. The fourth-order valence-corrected chi connectivity index (χ4v) is 3.76. The third kappa shape index (κ3) is 5.18. The summed E-state index contributed by atoms with van der Waals surface area (Å²) in [5.74, 6) is -0.991. The number of Topliss-reactive ketones (excluding diaryl/α,β-unsaturated/α-hetero) is 1. The Morgan fingerprint density at radius 1 is 1.06 bits per heavy atom. The number of nitrogens with zero attached hydrogens (tertiary/aromatic N) is 1. The van der Waals surface area contributed by atoms with E-state index in [2.05, 4.69) is 20.8 Å². The number of rotatable bonds is 9. The minimum Gasteiger partial charge on any atom is -0.507 e. The van der Waals surface area contributed by atoms with Gasteiger partial charge in [-0.15, -0.1) is 0 Å². The van der Waals surface area contributed by atoms with Crippen LogP contribution in [0.15, 0.2) is 54.1 Å². The van der Waals surface area contributed by atoms with Gasteiger partial charge in [-0.25, -0.2) is 4.39 Å². The van der Waals surface area contributed by atoms with Crippen molar-refractivity contribution in [3.05, 3.63) is 71.0 Å². The summed E-state index contributed by atoms with van der Waals surface area (Å²) < 4.78 is 19.2. The van der Waals surface area contributed by atoms with Gasteiger partial charge >= 0.3 is 0 Å². The van der Waals surface area contributed by atoms with E-state index >= 15 is 0 Å². The summed E-state index contributed by atoms with van der Waals surface area (Å²) in [5, 5.41) is 11.1. The molecule has 2 aromatic carbocycles. The van der Waals surface area contributed by atoms with Crippen LogP contribution in [0.4, 0.5) is 4.39 Å². The third-order valence-corrected chi connectivity index (χ3v) is 5.44. The summed E-state index contributed by atoms with van der Waals surface area (Å²) in [6.07, 6.45) is 2.62. The van der Waals surface area contributed by atoms with Gasteiger partial charge in [-0.3, -0.25) is 9.59 Å². The van der Waals surface area contributed by atoms with Crippen LogP contribution in [0.25, 0.3) is 5.76 Å². The van der Waals surface area contributed by atoms with Gasteiger partial charge in [0.1, 0.15) is 17.3 Å². The minimum absolute atomic E-state index is 0.0222. The van der Waals surface area contributed by atoms with Crippen molar-refractivity contribution in [3.63, 3.8) is 0 Å². The van der Waals surface area contributed by atoms with Crippen molar-refractivity contribution in [1.29, 1.82) is 0 Å². The molecule has 0 radical (unpaired) electrons. The number of carbonyl (C=O) groups excluding carboxylic acids is 2. The second-order valence-corrected chi connectivity index (χ2v) is 8.48. The monoisotopic (exact) mass is 439 g/mol. The van der Waals surface area contributed by atoms with E-state index in [1.165, 1.54) is 17.0 Å². The maximum Gasteiger partial charge on any atom is 0.295 e. The summed E-state index contributed by atoms with van der Waals surface area (Å²) >= 11 is 0. The summed E-state index contributed by atoms with van der Waals surface area (Å²) in [7, 11) is 0. The topological polar surface area (TPSA) is 66.8 Å². The number of aliphatic hydroxyl groups excluding tert-OH is 1. The van der Waals surface area contributed by atoms with E-state index in [-0.39, 0.29) is 11.3 Å². The first-order chi connectivity index (χ1) is 15.3. The lowest BCUT2D eigenvalue weighted by Crippen LogP contribution is -2.30. The normalized spacial score (nSPS) is 17.9. The number of hydrogen-bond donors (Lipinski definition) is 1. The molecule has 0 aromatic heterocycles. The number of benzene rings is 2. The number of carbonyl (C=O) groups is 2. The summed E-state index contributed by atoms with van der Waals surface area (Å²) in [5.41, 5.74) is 1.02. The highest BCUT2D eigenvalue weighted by Crippen LogP contribution is 2.39. The van der Waals surface area contributed by atoms with Crippen molar-refractivity contribution in [2.24, 2.45) is 5.92 Å². The molecule has 0 bridgehead atoms. The van der Waals surface area contributed by atoms with Crippen LogP contribution in [0, 0.1) is 11.7 Å². The van der Waals surface area contributed by atoms with Crippen LogP contribution < -0.4 is 4.74 Å². The zero-order valence-electron chi connectivity index (χ0n) is 18.8. The Bertz CT molecular complexity index is 980. The predicted octanol–water partition coefficient (Wildman–Crippen LogP) is 5.47. The van der Waals surface area contributed by atoms with E-state index in [9.17, 15) is 19.1 Å². The second-order valence-electron chi connectivity index (χ2n) is 8.48. The van der Waals surface area contributed by atoms with E-state index < -0.39 is 23.5 Å². The first-order valence-corrected chi connectivity index (χ1v) is 11.1. The number of amides is 1. The van der Waals surface area contributed by atoms with Crippen LogP contribution in [-0.4, -0.2) is 34.8 Å². The highest BCUT2D eigenvalue weighted by Gasteiger charge is 2.45. The van der Waals surface area contributed by atoms with Gasteiger partial charge in [-0.05, 0) is 54.3 Å². The van der Waals surface area contributed by atoms with Crippen LogP contribution >= 0.6 is 0 Å². The molecule has 0 aliphatic carbocycles. The van der Waals surface area contributed by atoms with Crippen LogP contribution in [0.1, 0.15) is 57.2 Å². The first-order valence-electron chi connectivity index (χ1n) is 11.1. The van der Waals surface area contributed by atoms with Crippen LogP contribution in [0.3, 0.4) is 0 Å². The van der Waals surface area contributed by atoms with E-state index in [4.69, 9.17) is 4.74 Å². The minimum atomic E-state index is -0.760. The Labute approximate surface area is 188 Å². The average molecular weight is 440 g/mol. The molecule has 3 rings (SSSR count). The quantitative estimate of drug-likeness (QED) is 0.243. The van der Waals surface area contributed by atoms with E-state index in [0.717, 1.165) is 19.3 Å². The molecule has 5 nitrogen and oxygen atoms in total. The molecule has 1 aliphatic heterocycles. The number of unbranched alkanes of at least 4 members (excludes halogenated alkanes) is 2. The summed E-state index contributed by atoms with van der Waals surface area (Å²) in [4.78, 5) is 27.3. The molecule has 1 N–H and O–H groups in total. The van der Waals surface area contributed by atoms with Crippen LogP contribution in [0.5, 0.6) is 5.75 Å². The number of hydrogen-bond acceptors (Lipinski definition) is 4. The summed E-state index contributed by atoms with van der Waals surface area (Å²) in [6.45, 7) is 7.11. The zero-order valence-corrected chi connectivity index (χ0v) is 18.8. The number of aliphatic hydroxyl groups is 1. The van der Waals surface area contributed by atoms with Crippen LogP contribution in [0.2, 0.25) is 0 Å². The van der Waals surface area contributed by atoms with Crippen molar-refractivity contribution in [2.75, 3.05) is 13.2 Å². The van der Waals surface area contributed by atoms with Crippen molar-refractivity contribution in [2.45, 2.75) is 46.1 Å². The maximum atomic E-state index is 13.5. The van der Waals surface area contributed by atoms with Crippen molar-refractivity contribution >= 4 is 17.4 Å². The smallest absolute Gasteiger partial charge is 0.295 e. The van der Waals surface area contributed by atoms with Crippen molar-refractivity contribution in [3.8, 4) is 5.75 Å². The fourth-order valence-electron chi connectivity index (χ4n) is 3.76. The van der Waals surface area contributed by atoms with Crippen LogP contribution in [-0.2, 0) is 9.59 Å². The van der Waals surface area contributed by atoms with E-state index in [0.29, 0.717) is 35.9 Å². The lowest BCUT2D eigenvalue weighted by atomic mass is 9.95. The Morgan fingerprint density at radius 3 is 2.31 bits per heavy atom. The molecule has 1 unspecified atom stereocenters. The molecule has 1 atom stereocenters. The Morgan fingerprint density at radius 2 is 1.72 bits per heavy atom. The molecule has 1 fully saturated rings. The Balaban J connectivity index is 2.00. The predicted molar refractivity (Wildman–Crippen MR) is 122 cm³/mol. The molecule has 6 heteroatoms. The zero-order chi connectivity index (χ0) is 23.3. The Kier molecular flexibility index (Phi) is 7.67. The number of ketones is 1. The molecule has 1 aliphatic rings. The second kappa shape index (κ2) is 10.4. The van der Waals surface area contributed by atoms with Gasteiger partial charge in [0.25, 0.3) is 11.7 Å². The lowest BCUT2D eigenvalue weighted by molar-refractivity contribution is -0.139. The molecule has 32 heavy (non-hydrogen) atoms. The van der Waals surface area contributed by atoms with Crippen molar-refractivity contribution < 1.29 is 23.8 Å². The molecule has 170 valence electrons. The number of halogens is 1. The highest BCUT2D eigenvalue weighted by molar-refractivity contribution is 6.46. The molecular formula is C26H30FNO4. The van der Waals surface area contributed by atoms with Gasteiger partial charge < -0.3 is 14.7 Å². The molecule has 2 aromatic rings. The lowest BCUT2D eigenvalue weighted by Gasteiger charge is -2.25. The maximum absolute atomic E-state index is 13.5. The SMILES string of the molecule is CCCCCN1C(=O)C(=O)/C(=C(\O)c2ccc(OCC(C)C)cc2)C1c1ccc(F)cc1. The molecule has 0 saturated carbocycles. The van der Waals surface area contributed by atoms with Gasteiger partial charge in [-0.1, -0.05) is 45.7 Å². The summed E-state index contributed by atoms with van der Waals surface area (Å²) in [6, 6.07) is 11.7.